The van der Waals surface area contributed by atoms with E-state index in [-0.39, 0.29) is 0 Å². The lowest BCUT2D eigenvalue weighted by Crippen LogP contribution is -2.32. The maximum atomic E-state index is 5.53. The zero-order valence-electron chi connectivity index (χ0n) is 9.99. The second kappa shape index (κ2) is 5.93. The molecule has 0 saturated carbocycles. The van der Waals surface area contributed by atoms with Gasteiger partial charge in [0.15, 0.2) is 0 Å². The Kier molecular flexibility index (Phi) is 4.85. The molecule has 0 fully saturated rings. The summed E-state index contributed by atoms with van der Waals surface area (Å²) in [6, 6.07) is 4.61. The van der Waals surface area contributed by atoms with Crippen LogP contribution >= 0.6 is 0 Å². The molecule has 1 unspecified atom stereocenters. The average molecular weight is 210 g/mol. The first-order chi connectivity index (χ1) is 7.13. The van der Waals surface area contributed by atoms with Crippen molar-refractivity contribution in [3.63, 3.8) is 0 Å². The van der Waals surface area contributed by atoms with Crippen LogP contribution in [0.25, 0.3) is 0 Å². The summed E-state index contributed by atoms with van der Waals surface area (Å²) < 4.78 is 5.52. The number of rotatable bonds is 6. The highest BCUT2D eigenvalue weighted by molar-refractivity contribution is 5.05. The summed E-state index contributed by atoms with van der Waals surface area (Å²) in [6.45, 7) is 5.96. The lowest BCUT2D eigenvalue weighted by Gasteiger charge is -2.23. The maximum Gasteiger partial charge on any atom is 0.105 e. The third kappa shape index (κ3) is 4.06. The SMILES string of the molecule is Cc1ccc(CCN(C)C(C)CCN)o1. The van der Waals surface area contributed by atoms with Crippen LogP contribution in [-0.2, 0) is 6.42 Å². The minimum absolute atomic E-state index is 0.547. The van der Waals surface area contributed by atoms with Gasteiger partial charge in [-0.3, -0.25) is 0 Å². The first kappa shape index (κ1) is 12.3. The van der Waals surface area contributed by atoms with Gasteiger partial charge in [0, 0.05) is 19.0 Å². The standard InChI is InChI=1S/C12H22N2O/c1-10(6-8-13)14(3)9-7-12-5-4-11(2)15-12/h4-5,10H,6-9,13H2,1-3H3. The van der Waals surface area contributed by atoms with Gasteiger partial charge >= 0.3 is 0 Å². The number of furan rings is 1. The highest BCUT2D eigenvalue weighted by atomic mass is 16.3. The van der Waals surface area contributed by atoms with Gasteiger partial charge in [-0.15, -0.1) is 0 Å². The molecule has 86 valence electrons. The molecule has 1 heterocycles. The number of nitrogens with zero attached hydrogens (tertiary/aromatic N) is 1. The minimum atomic E-state index is 0.547. The lowest BCUT2D eigenvalue weighted by atomic mass is 10.2. The third-order valence-corrected chi connectivity index (χ3v) is 2.84. The zero-order valence-corrected chi connectivity index (χ0v) is 9.99. The van der Waals surface area contributed by atoms with Crippen molar-refractivity contribution in [3.8, 4) is 0 Å². The molecule has 0 aliphatic rings. The van der Waals surface area contributed by atoms with Gasteiger partial charge in [-0.2, -0.15) is 0 Å². The topological polar surface area (TPSA) is 42.4 Å². The van der Waals surface area contributed by atoms with Crippen LogP contribution in [0, 0.1) is 6.92 Å². The van der Waals surface area contributed by atoms with E-state index in [1.54, 1.807) is 0 Å². The van der Waals surface area contributed by atoms with Gasteiger partial charge in [0.05, 0.1) is 0 Å². The van der Waals surface area contributed by atoms with Gasteiger partial charge in [-0.05, 0) is 46.0 Å². The molecule has 1 aromatic rings. The van der Waals surface area contributed by atoms with Crippen molar-refractivity contribution in [2.24, 2.45) is 5.73 Å². The average Bonchev–Trinajstić information content (AvgIpc) is 2.61. The Morgan fingerprint density at radius 1 is 1.47 bits per heavy atom. The van der Waals surface area contributed by atoms with Crippen molar-refractivity contribution >= 4 is 0 Å². The van der Waals surface area contributed by atoms with Gasteiger partial charge in [0.25, 0.3) is 0 Å². The molecule has 15 heavy (non-hydrogen) atoms. The van der Waals surface area contributed by atoms with Crippen molar-refractivity contribution in [2.75, 3.05) is 20.1 Å². The largest absolute Gasteiger partial charge is 0.466 e. The molecule has 0 spiro atoms. The van der Waals surface area contributed by atoms with Gasteiger partial charge in [0.1, 0.15) is 11.5 Å². The minimum Gasteiger partial charge on any atom is -0.466 e. The first-order valence-corrected chi connectivity index (χ1v) is 5.59. The molecule has 1 rings (SSSR count). The molecule has 1 atom stereocenters. The van der Waals surface area contributed by atoms with Crippen molar-refractivity contribution in [1.29, 1.82) is 0 Å². The van der Waals surface area contributed by atoms with Crippen molar-refractivity contribution in [2.45, 2.75) is 32.7 Å². The van der Waals surface area contributed by atoms with E-state index in [0.29, 0.717) is 6.04 Å². The molecule has 0 aromatic carbocycles. The summed E-state index contributed by atoms with van der Waals surface area (Å²) in [5.41, 5.74) is 5.53. The second-order valence-corrected chi connectivity index (χ2v) is 4.17. The molecule has 0 amide bonds. The van der Waals surface area contributed by atoms with E-state index in [4.69, 9.17) is 10.2 Å². The molecule has 1 aromatic heterocycles. The van der Waals surface area contributed by atoms with Gasteiger partial charge in [-0.25, -0.2) is 0 Å². The molecule has 0 saturated heterocycles. The predicted octanol–water partition coefficient (Wildman–Crippen LogP) is 1.80. The van der Waals surface area contributed by atoms with E-state index >= 15 is 0 Å². The fraction of sp³-hybridized carbons (Fsp3) is 0.667. The predicted molar refractivity (Wildman–Crippen MR) is 62.9 cm³/mol. The molecule has 3 nitrogen and oxygen atoms in total. The molecule has 0 aliphatic heterocycles. The Hall–Kier alpha value is -0.800. The maximum absolute atomic E-state index is 5.53. The quantitative estimate of drug-likeness (QED) is 0.778. The van der Waals surface area contributed by atoms with Crippen LogP contribution in [0.1, 0.15) is 24.9 Å². The van der Waals surface area contributed by atoms with Gasteiger partial charge in [-0.1, -0.05) is 0 Å². The molecule has 2 N–H and O–H groups in total. The number of hydrogen-bond donors (Lipinski definition) is 1. The van der Waals surface area contributed by atoms with Gasteiger partial charge < -0.3 is 15.1 Å². The van der Waals surface area contributed by atoms with Crippen LogP contribution in [0.4, 0.5) is 0 Å². The lowest BCUT2D eigenvalue weighted by molar-refractivity contribution is 0.246. The first-order valence-electron chi connectivity index (χ1n) is 5.59. The van der Waals surface area contributed by atoms with E-state index in [0.717, 1.165) is 37.5 Å². The summed E-state index contributed by atoms with van der Waals surface area (Å²) in [5, 5.41) is 0. The molecular formula is C12H22N2O. The van der Waals surface area contributed by atoms with Crippen molar-refractivity contribution in [3.05, 3.63) is 23.7 Å². The van der Waals surface area contributed by atoms with E-state index < -0.39 is 0 Å². The van der Waals surface area contributed by atoms with Crippen LogP contribution in [0.3, 0.4) is 0 Å². The highest BCUT2D eigenvalue weighted by Gasteiger charge is 2.08. The molecule has 0 radical (unpaired) electrons. The van der Waals surface area contributed by atoms with Crippen LogP contribution < -0.4 is 5.73 Å². The summed E-state index contributed by atoms with van der Waals surface area (Å²) in [5.74, 6) is 2.06. The smallest absolute Gasteiger partial charge is 0.105 e. The van der Waals surface area contributed by atoms with Crippen LogP contribution in [-0.4, -0.2) is 31.1 Å². The Balaban J connectivity index is 2.30. The summed E-state index contributed by atoms with van der Waals surface area (Å²) in [6.07, 6.45) is 2.02. The Labute approximate surface area is 92.2 Å². The monoisotopic (exact) mass is 210 g/mol. The Morgan fingerprint density at radius 2 is 2.20 bits per heavy atom. The van der Waals surface area contributed by atoms with E-state index in [1.165, 1.54) is 0 Å². The number of likely N-dealkylation sites (N-methyl/N-ethyl adjacent to an activating group) is 1. The molecule has 0 aliphatic carbocycles. The second-order valence-electron chi connectivity index (χ2n) is 4.17. The van der Waals surface area contributed by atoms with Crippen LogP contribution in [0.2, 0.25) is 0 Å². The zero-order chi connectivity index (χ0) is 11.3. The number of aryl methyl sites for hydroxylation is 1. The molecular weight excluding hydrogens is 188 g/mol. The van der Waals surface area contributed by atoms with E-state index in [9.17, 15) is 0 Å². The van der Waals surface area contributed by atoms with E-state index in [2.05, 4.69) is 24.9 Å². The fourth-order valence-corrected chi connectivity index (χ4v) is 1.59. The highest BCUT2D eigenvalue weighted by Crippen LogP contribution is 2.08. The van der Waals surface area contributed by atoms with E-state index in [1.807, 2.05) is 13.0 Å². The Bertz CT molecular complexity index is 283. The summed E-state index contributed by atoms with van der Waals surface area (Å²) in [4.78, 5) is 2.32. The van der Waals surface area contributed by atoms with Crippen molar-refractivity contribution in [1.82, 2.24) is 4.90 Å². The normalized spacial score (nSPS) is 13.4. The summed E-state index contributed by atoms with van der Waals surface area (Å²) in [7, 11) is 2.14. The third-order valence-electron chi connectivity index (χ3n) is 2.84. The molecule has 3 heteroatoms. The Morgan fingerprint density at radius 3 is 2.73 bits per heavy atom. The van der Waals surface area contributed by atoms with Crippen LogP contribution in [0.15, 0.2) is 16.5 Å². The summed E-state index contributed by atoms with van der Waals surface area (Å²) >= 11 is 0. The van der Waals surface area contributed by atoms with Crippen molar-refractivity contribution < 1.29 is 4.42 Å². The number of hydrogen-bond acceptors (Lipinski definition) is 3. The fourth-order valence-electron chi connectivity index (χ4n) is 1.59. The molecule has 0 bridgehead atoms. The van der Waals surface area contributed by atoms with Crippen LogP contribution in [0.5, 0.6) is 0 Å². The van der Waals surface area contributed by atoms with Gasteiger partial charge in [0.2, 0.25) is 0 Å². The number of nitrogens with two attached hydrogens (primary N) is 1.